The Morgan fingerprint density at radius 3 is 3.17 bits per heavy atom. The maximum Gasteiger partial charge on any atom is 0.181 e. The van der Waals surface area contributed by atoms with Crippen LogP contribution in [0.4, 0.5) is 0 Å². The van der Waals surface area contributed by atoms with E-state index >= 15 is 0 Å². The number of fused-ring (bicyclic) bond motifs is 3. The van der Waals surface area contributed by atoms with Crippen molar-refractivity contribution in [2.75, 3.05) is 13.2 Å². The second-order valence-electron chi connectivity index (χ2n) is 4.00. The Balaban J connectivity index is 1.79. The summed E-state index contributed by atoms with van der Waals surface area (Å²) in [6, 6.07) is 0.676. The van der Waals surface area contributed by atoms with Crippen LogP contribution in [0.25, 0.3) is 0 Å². The van der Waals surface area contributed by atoms with Crippen molar-refractivity contribution in [2.24, 2.45) is 5.92 Å². The number of nitrogens with zero attached hydrogens (tertiary/aromatic N) is 1. The van der Waals surface area contributed by atoms with Crippen LogP contribution < -0.4 is 0 Å². The molecule has 0 radical (unpaired) electrons. The van der Waals surface area contributed by atoms with Gasteiger partial charge in [-0.1, -0.05) is 0 Å². The highest BCUT2D eigenvalue weighted by molar-refractivity contribution is 4.89. The highest BCUT2D eigenvalue weighted by Crippen LogP contribution is 2.39. The molecule has 0 aromatic heterocycles. The Labute approximate surface area is 72.6 Å². The van der Waals surface area contributed by atoms with Crippen LogP contribution in [0.2, 0.25) is 0 Å². The van der Waals surface area contributed by atoms with Crippen LogP contribution >= 0.6 is 0 Å². The lowest BCUT2D eigenvalue weighted by Crippen LogP contribution is -2.30. The molecule has 0 N–H and O–H groups in total. The van der Waals surface area contributed by atoms with Crippen molar-refractivity contribution in [3.05, 3.63) is 0 Å². The van der Waals surface area contributed by atoms with E-state index in [9.17, 15) is 0 Å². The molecule has 3 aliphatic heterocycles. The molecule has 3 aliphatic rings. The third-order valence-electron chi connectivity index (χ3n) is 3.30. The van der Waals surface area contributed by atoms with Crippen molar-refractivity contribution in [3.63, 3.8) is 0 Å². The maximum absolute atomic E-state index is 5.70. The normalized spacial score (nSPS) is 47.5. The fourth-order valence-corrected chi connectivity index (χ4v) is 2.72. The van der Waals surface area contributed by atoms with Gasteiger partial charge in [-0.3, -0.25) is 4.84 Å². The van der Waals surface area contributed by atoms with Gasteiger partial charge < -0.3 is 4.74 Å². The van der Waals surface area contributed by atoms with Gasteiger partial charge in [0.2, 0.25) is 0 Å². The van der Waals surface area contributed by atoms with Crippen molar-refractivity contribution < 1.29 is 9.57 Å². The first-order valence-electron chi connectivity index (χ1n) is 5.00. The van der Waals surface area contributed by atoms with Crippen LogP contribution in [0.5, 0.6) is 0 Å². The van der Waals surface area contributed by atoms with Gasteiger partial charge in [-0.15, -0.1) is 0 Å². The molecular weight excluding hydrogens is 154 g/mol. The standard InChI is InChI=1S/C9H15NO2/c1-4-8-7-3-2-6-11-9(7)12-10(8)5-1/h7-9H,1-6H2/t7-,8-,9+/m1/s1. The lowest BCUT2D eigenvalue weighted by atomic mass is 9.92. The van der Waals surface area contributed by atoms with Gasteiger partial charge in [-0.2, -0.15) is 5.06 Å². The van der Waals surface area contributed by atoms with Gasteiger partial charge in [0.15, 0.2) is 6.29 Å². The van der Waals surface area contributed by atoms with Gasteiger partial charge in [-0.05, 0) is 25.7 Å². The molecule has 0 amide bonds. The molecule has 3 saturated heterocycles. The zero-order valence-electron chi connectivity index (χ0n) is 7.24. The first-order chi connectivity index (χ1) is 5.95. The predicted octanol–water partition coefficient (Wildman–Crippen LogP) is 1.15. The predicted molar refractivity (Wildman–Crippen MR) is 43.3 cm³/mol. The van der Waals surface area contributed by atoms with E-state index in [0.717, 1.165) is 13.2 Å². The molecule has 3 nitrogen and oxygen atoms in total. The molecule has 0 aromatic carbocycles. The van der Waals surface area contributed by atoms with E-state index in [1.54, 1.807) is 0 Å². The molecule has 3 atom stereocenters. The largest absolute Gasteiger partial charge is 0.350 e. The van der Waals surface area contributed by atoms with E-state index in [1.807, 2.05) is 0 Å². The van der Waals surface area contributed by atoms with E-state index in [0.29, 0.717) is 12.0 Å². The fraction of sp³-hybridized carbons (Fsp3) is 1.00. The van der Waals surface area contributed by atoms with Gasteiger partial charge in [0.1, 0.15) is 0 Å². The Morgan fingerprint density at radius 2 is 2.17 bits per heavy atom. The zero-order chi connectivity index (χ0) is 7.97. The number of hydrogen-bond acceptors (Lipinski definition) is 3. The fourth-order valence-electron chi connectivity index (χ4n) is 2.72. The lowest BCUT2D eigenvalue weighted by Gasteiger charge is -2.25. The molecule has 0 bridgehead atoms. The second-order valence-corrected chi connectivity index (χ2v) is 4.00. The average molecular weight is 169 g/mol. The van der Waals surface area contributed by atoms with Crippen LogP contribution in [-0.2, 0) is 9.57 Å². The minimum absolute atomic E-state index is 0.101. The molecule has 3 heteroatoms. The summed E-state index contributed by atoms with van der Waals surface area (Å²) in [5, 5.41) is 2.15. The summed E-state index contributed by atoms with van der Waals surface area (Å²) in [6.07, 6.45) is 5.23. The lowest BCUT2D eigenvalue weighted by molar-refractivity contribution is -0.245. The highest BCUT2D eigenvalue weighted by Gasteiger charge is 2.46. The first-order valence-corrected chi connectivity index (χ1v) is 5.00. The third kappa shape index (κ3) is 0.934. The van der Waals surface area contributed by atoms with Crippen molar-refractivity contribution in [3.8, 4) is 0 Å². The van der Waals surface area contributed by atoms with Gasteiger partial charge >= 0.3 is 0 Å². The Hall–Kier alpha value is -0.120. The van der Waals surface area contributed by atoms with Gasteiger partial charge in [0.05, 0.1) is 0 Å². The van der Waals surface area contributed by atoms with E-state index < -0.39 is 0 Å². The SMILES string of the molecule is C1CO[C@H]2ON3CCC[C@@H]3[C@H]2C1. The second kappa shape index (κ2) is 2.69. The average Bonchev–Trinajstić information content (AvgIpc) is 2.62. The number of ether oxygens (including phenoxy) is 1. The zero-order valence-corrected chi connectivity index (χ0v) is 7.24. The summed E-state index contributed by atoms with van der Waals surface area (Å²) in [7, 11) is 0. The summed E-state index contributed by atoms with van der Waals surface area (Å²) in [6.45, 7) is 2.00. The Morgan fingerprint density at radius 1 is 1.17 bits per heavy atom. The van der Waals surface area contributed by atoms with Gasteiger partial charge in [-0.25, -0.2) is 0 Å². The minimum atomic E-state index is 0.101. The van der Waals surface area contributed by atoms with Crippen LogP contribution in [-0.4, -0.2) is 30.5 Å². The monoisotopic (exact) mass is 169 g/mol. The molecule has 3 fully saturated rings. The third-order valence-corrected chi connectivity index (χ3v) is 3.30. The number of rotatable bonds is 0. The Bertz CT molecular complexity index is 185. The van der Waals surface area contributed by atoms with Crippen LogP contribution in [0.1, 0.15) is 25.7 Å². The molecule has 0 aliphatic carbocycles. The summed E-state index contributed by atoms with van der Waals surface area (Å²) in [4.78, 5) is 5.70. The quantitative estimate of drug-likeness (QED) is 0.543. The smallest absolute Gasteiger partial charge is 0.181 e. The summed E-state index contributed by atoms with van der Waals surface area (Å²) >= 11 is 0. The minimum Gasteiger partial charge on any atom is -0.350 e. The summed E-state index contributed by atoms with van der Waals surface area (Å²) in [5.41, 5.74) is 0. The molecule has 0 saturated carbocycles. The molecule has 3 rings (SSSR count). The molecule has 0 aromatic rings. The van der Waals surface area contributed by atoms with Crippen molar-refractivity contribution >= 4 is 0 Å². The number of hydrogen-bond donors (Lipinski definition) is 0. The van der Waals surface area contributed by atoms with E-state index in [1.165, 1.54) is 25.7 Å². The maximum atomic E-state index is 5.70. The van der Waals surface area contributed by atoms with Gasteiger partial charge in [0, 0.05) is 25.1 Å². The molecule has 3 heterocycles. The van der Waals surface area contributed by atoms with Crippen LogP contribution in [0, 0.1) is 5.92 Å². The van der Waals surface area contributed by atoms with Gasteiger partial charge in [0.25, 0.3) is 0 Å². The molecule has 0 spiro atoms. The van der Waals surface area contributed by atoms with E-state index in [4.69, 9.17) is 9.57 Å². The Kier molecular flexibility index (Phi) is 1.63. The highest BCUT2D eigenvalue weighted by atomic mass is 16.8. The first kappa shape index (κ1) is 7.30. The van der Waals surface area contributed by atoms with Crippen molar-refractivity contribution in [1.82, 2.24) is 5.06 Å². The number of hydroxylamine groups is 2. The van der Waals surface area contributed by atoms with Crippen molar-refractivity contribution in [1.29, 1.82) is 0 Å². The van der Waals surface area contributed by atoms with Crippen LogP contribution in [0.3, 0.4) is 0 Å². The van der Waals surface area contributed by atoms with E-state index in [2.05, 4.69) is 5.06 Å². The summed E-state index contributed by atoms with van der Waals surface area (Å²) < 4.78 is 5.57. The van der Waals surface area contributed by atoms with Crippen molar-refractivity contribution in [2.45, 2.75) is 38.0 Å². The van der Waals surface area contributed by atoms with E-state index in [-0.39, 0.29) is 6.29 Å². The summed E-state index contributed by atoms with van der Waals surface area (Å²) in [5.74, 6) is 0.668. The van der Waals surface area contributed by atoms with Crippen LogP contribution in [0.15, 0.2) is 0 Å². The molecule has 68 valence electrons. The topological polar surface area (TPSA) is 21.7 Å². The molecule has 0 unspecified atom stereocenters. The molecule has 12 heavy (non-hydrogen) atoms. The molecular formula is C9H15NO2.